The molecule has 0 aromatic heterocycles. The summed E-state index contributed by atoms with van der Waals surface area (Å²) in [6, 6.07) is 6.31. The Morgan fingerprint density at radius 2 is 1.83 bits per heavy atom. The molecule has 2 amide bonds. The predicted octanol–water partition coefficient (Wildman–Crippen LogP) is 3.63. The first-order valence-electron chi connectivity index (χ1n) is 5.76. The fourth-order valence-electron chi connectivity index (χ4n) is 1.84. The van der Waals surface area contributed by atoms with E-state index in [4.69, 9.17) is 0 Å². The highest BCUT2D eigenvalue weighted by molar-refractivity contribution is 7.99. The third-order valence-corrected chi connectivity index (χ3v) is 3.45. The fraction of sp³-hybridized carbons (Fsp3) is 0.417. The van der Waals surface area contributed by atoms with Crippen LogP contribution in [0.3, 0.4) is 0 Å². The van der Waals surface area contributed by atoms with Crippen molar-refractivity contribution in [2.75, 3.05) is 18.4 Å². The van der Waals surface area contributed by atoms with Gasteiger partial charge in [0.25, 0.3) is 5.76 Å². The number of halogens is 2. The van der Waals surface area contributed by atoms with Gasteiger partial charge < -0.3 is 10.2 Å². The SMILES string of the molecule is O=C(Nc1ccc(SC(F)F)cc1)N1CCCC1. The summed E-state index contributed by atoms with van der Waals surface area (Å²) >= 11 is 0.495. The van der Waals surface area contributed by atoms with Gasteiger partial charge in [-0.1, -0.05) is 11.8 Å². The quantitative estimate of drug-likeness (QED) is 0.852. The van der Waals surface area contributed by atoms with E-state index in [9.17, 15) is 13.6 Å². The number of hydrogen-bond acceptors (Lipinski definition) is 2. The van der Waals surface area contributed by atoms with E-state index in [1.54, 1.807) is 29.2 Å². The van der Waals surface area contributed by atoms with Crippen molar-refractivity contribution in [3.63, 3.8) is 0 Å². The molecule has 0 spiro atoms. The van der Waals surface area contributed by atoms with Crippen molar-refractivity contribution in [2.24, 2.45) is 0 Å². The molecule has 18 heavy (non-hydrogen) atoms. The zero-order valence-electron chi connectivity index (χ0n) is 9.73. The Bertz CT molecular complexity index is 405. The Labute approximate surface area is 109 Å². The summed E-state index contributed by atoms with van der Waals surface area (Å²) < 4.78 is 24.2. The van der Waals surface area contributed by atoms with Gasteiger partial charge in [-0.05, 0) is 37.1 Å². The van der Waals surface area contributed by atoms with Crippen molar-refractivity contribution in [3.8, 4) is 0 Å². The van der Waals surface area contributed by atoms with Gasteiger partial charge in [0.1, 0.15) is 0 Å². The first-order valence-corrected chi connectivity index (χ1v) is 6.64. The van der Waals surface area contributed by atoms with Gasteiger partial charge in [-0.25, -0.2) is 4.79 Å². The van der Waals surface area contributed by atoms with E-state index in [0.29, 0.717) is 22.3 Å². The van der Waals surface area contributed by atoms with Crippen molar-refractivity contribution in [1.29, 1.82) is 0 Å². The Balaban J connectivity index is 1.91. The summed E-state index contributed by atoms with van der Waals surface area (Å²) in [6.45, 7) is 1.57. The van der Waals surface area contributed by atoms with Crippen molar-refractivity contribution < 1.29 is 13.6 Å². The number of thioether (sulfide) groups is 1. The molecule has 1 saturated heterocycles. The molecule has 1 fully saturated rings. The molecule has 98 valence electrons. The first kappa shape index (κ1) is 13.1. The predicted molar refractivity (Wildman–Crippen MR) is 68.1 cm³/mol. The standard InChI is InChI=1S/C12H14F2N2OS/c13-11(14)18-10-5-3-9(4-6-10)15-12(17)16-7-1-2-8-16/h3-6,11H,1-2,7-8H2,(H,15,17). The number of benzene rings is 1. The van der Waals surface area contributed by atoms with Crippen LogP contribution in [0.25, 0.3) is 0 Å². The third kappa shape index (κ3) is 3.60. The molecule has 0 atom stereocenters. The number of carbonyl (C=O) groups is 1. The second-order valence-electron chi connectivity index (χ2n) is 4.03. The Kier molecular flexibility index (Phi) is 4.41. The number of alkyl halides is 2. The summed E-state index contributed by atoms with van der Waals surface area (Å²) in [5.74, 6) is -2.42. The maximum Gasteiger partial charge on any atom is 0.321 e. The molecule has 3 nitrogen and oxygen atoms in total. The van der Waals surface area contributed by atoms with E-state index in [1.807, 2.05) is 0 Å². The van der Waals surface area contributed by atoms with Crippen LogP contribution in [0.1, 0.15) is 12.8 Å². The Morgan fingerprint density at radius 3 is 2.39 bits per heavy atom. The fourth-order valence-corrected chi connectivity index (χ4v) is 2.34. The van der Waals surface area contributed by atoms with Gasteiger partial charge in [0.15, 0.2) is 0 Å². The molecule has 1 aliphatic heterocycles. The minimum atomic E-state index is -2.42. The van der Waals surface area contributed by atoms with Gasteiger partial charge in [-0.2, -0.15) is 8.78 Å². The third-order valence-electron chi connectivity index (χ3n) is 2.72. The number of rotatable bonds is 3. The zero-order valence-corrected chi connectivity index (χ0v) is 10.6. The van der Waals surface area contributed by atoms with E-state index >= 15 is 0 Å². The van der Waals surface area contributed by atoms with Crippen LogP contribution >= 0.6 is 11.8 Å². The number of likely N-dealkylation sites (tertiary alicyclic amines) is 1. The molecule has 0 radical (unpaired) electrons. The minimum absolute atomic E-state index is 0.123. The highest BCUT2D eigenvalue weighted by Crippen LogP contribution is 2.26. The van der Waals surface area contributed by atoms with E-state index in [2.05, 4.69) is 5.32 Å². The number of nitrogens with zero attached hydrogens (tertiary/aromatic N) is 1. The molecule has 0 unspecified atom stereocenters. The second kappa shape index (κ2) is 6.04. The largest absolute Gasteiger partial charge is 0.325 e. The van der Waals surface area contributed by atoms with Crippen molar-refractivity contribution in [2.45, 2.75) is 23.5 Å². The molecular formula is C12H14F2N2OS. The van der Waals surface area contributed by atoms with Crippen LogP contribution in [0, 0.1) is 0 Å². The summed E-state index contributed by atoms with van der Waals surface area (Å²) in [7, 11) is 0. The number of nitrogens with one attached hydrogen (secondary N) is 1. The van der Waals surface area contributed by atoms with Crippen LogP contribution in [0.15, 0.2) is 29.2 Å². The van der Waals surface area contributed by atoms with E-state index < -0.39 is 5.76 Å². The van der Waals surface area contributed by atoms with Crippen LogP contribution in [0.2, 0.25) is 0 Å². The lowest BCUT2D eigenvalue weighted by Gasteiger charge is -2.16. The minimum Gasteiger partial charge on any atom is -0.325 e. The molecule has 1 heterocycles. The van der Waals surface area contributed by atoms with Crippen molar-refractivity contribution >= 4 is 23.5 Å². The number of urea groups is 1. The number of anilines is 1. The highest BCUT2D eigenvalue weighted by Gasteiger charge is 2.17. The molecule has 1 aromatic carbocycles. The van der Waals surface area contributed by atoms with Gasteiger partial charge >= 0.3 is 6.03 Å². The van der Waals surface area contributed by atoms with Gasteiger partial charge in [-0.3, -0.25) is 0 Å². The van der Waals surface area contributed by atoms with Gasteiger partial charge in [-0.15, -0.1) is 0 Å². The molecule has 0 saturated carbocycles. The van der Waals surface area contributed by atoms with E-state index in [0.717, 1.165) is 25.9 Å². The van der Waals surface area contributed by atoms with Crippen LogP contribution in [0.4, 0.5) is 19.3 Å². The lowest BCUT2D eigenvalue weighted by atomic mass is 10.3. The van der Waals surface area contributed by atoms with Crippen LogP contribution in [0.5, 0.6) is 0 Å². The molecule has 1 N–H and O–H groups in total. The summed E-state index contributed by atoms with van der Waals surface area (Å²) in [5.41, 5.74) is 0.630. The van der Waals surface area contributed by atoms with Crippen LogP contribution in [-0.2, 0) is 0 Å². The molecule has 2 rings (SSSR count). The first-order chi connectivity index (χ1) is 8.65. The molecule has 0 bridgehead atoms. The topological polar surface area (TPSA) is 32.3 Å². The molecule has 0 aliphatic carbocycles. The second-order valence-corrected chi connectivity index (χ2v) is 5.09. The Morgan fingerprint density at radius 1 is 1.22 bits per heavy atom. The molecule has 6 heteroatoms. The highest BCUT2D eigenvalue weighted by atomic mass is 32.2. The smallest absolute Gasteiger partial charge is 0.321 e. The lowest BCUT2D eigenvalue weighted by Crippen LogP contribution is -2.32. The number of hydrogen-bond donors (Lipinski definition) is 1. The number of carbonyl (C=O) groups excluding carboxylic acids is 1. The van der Waals surface area contributed by atoms with Crippen LogP contribution in [-0.4, -0.2) is 29.8 Å². The van der Waals surface area contributed by atoms with Crippen LogP contribution < -0.4 is 5.32 Å². The van der Waals surface area contributed by atoms with Gasteiger partial charge in [0, 0.05) is 23.7 Å². The summed E-state index contributed by atoms with van der Waals surface area (Å²) in [4.78, 5) is 14.0. The average Bonchev–Trinajstić information content (AvgIpc) is 2.84. The molecular weight excluding hydrogens is 258 g/mol. The summed E-state index contributed by atoms with van der Waals surface area (Å²) in [5, 5.41) is 2.75. The van der Waals surface area contributed by atoms with Crippen molar-refractivity contribution in [1.82, 2.24) is 4.90 Å². The number of amides is 2. The Hall–Kier alpha value is -1.30. The molecule has 1 aliphatic rings. The lowest BCUT2D eigenvalue weighted by molar-refractivity contribution is 0.222. The van der Waals surface area contributed by atoms with Crippen molar-refractivity contribution in [3.05, 3.63) is 24.3 Å². The average molecular weight is 272 g/mol. The molecule has 1 aromatic rings. The maximum atomic E-state index is 12.1. The van der Waals surface area contributed by atoms with Gasteiger partial charge in [0.2, 0.25) is 0 Å². The zero-order chi connectivity index (χ0) is 13.0. The maximum absolute atomic E-state index is 12.1. The normalized spacial score (nSPS) is 15.2. The van der Waals surface area contributed by atoms with E-state index in [-0.39, 0.29) is 6.03 Å². The van der Waals surface area contributed by atoms with E-state index in [1.165, 1.54) is 0 Å². The van der Waals surface area contributed by atoms with Gasteiger partial charge in [0.05, 0.1) is 0 Å². The monoisotopic (exact) mass is 272 g/mol. The summed E-state index contributed by atoms with van der Waals surface area (Å²) in [6.07, 6.45) is 2.08.